The van der Waals surface area contributed by atoms with E-state index >= 15 is 0 Å². The fraction of sp³-hybridized carbons (Fsp3) is 0.0185. The van der Waals surface area contributed by atoms with Gasteiger partial charge < -0.3 is 0 Å². The molecule has 0 bridgehead atoms. The Hall–Kier alpha value is -7.09. The van der Waals surface area contributed by atoms with Gasteiger partial charge in [-0.15, -0.1) is 0 Å². The largest absolute Gasteiger partial charge is 0.247 e. The van der Waals surface area contributed by atoms with Gasteiger partial charge in [-0.2, -0.15) is 0 Å². The molecule has 0 saturated heterocycles. The monoisotopic (exact) mass is 695 g/mol. The van der Waals surface area contributed by atoms with E-state index in [9.17, 15) is 0 Å². The van der Waals surface area contributed by atoms with Gasteiger partial charge in [0.2, 0.25) is 0 Å². The average molecular weight is 696 g/mol. The Labute approximate surface area is 319 Å². The third kappa shape index (κ3) is 4.15. The van der Waals surface area contributed by atoms with Gasteiger partial charge in [-0.25, -0.2) is 4.98 Å². The highest BCUT2D eigenvalue weighted by molar-refractivity contribution is 6.19. The lowest BCUT2D eigenvalue weighted by molar-refractivity contribution is 0.794. The molecule has 2 aliphatic rings. The van der Waals surface area contributed by atoms with Crippen LogP contribution in [0.15, 0.2) is 200 Å². The number of rotatable bonds is 3. The predicted molar refractivity (Wildman–Crippen MR) is 229 cm³/mol. The van der Waals surface area contributed by atoms with Gasteiger partial charge in [0.1, 0.15) is 0 Å². The standard InChI is InChI=1S/C54H33N/c1-2-17-39-35(13-1)14-12-22-40(39)36-29-27-34(28-30-36)37-15-11-16-38(33-37)53-52-44(43-20-6-10-26-50(43)55-53)31-32-49-51(52)45-21-5-9-25-48(45)54(49)46-23-7-3-18-41(46)42-19-4-8-24-47(42)54/h1-33H. The van der Waals surface area contributed by atoms with Crippen molar-refractivity contribution in [3.05, 3.63) is 222 Å². The van der Waals surface area contributed by atoms with Crippen molar-refractivity contribution in [2.75, 3.05) is 0 Å². The van der Waals surface area contributed by atoms with E-state index in [1.54, 1.807) is 0 Å². The van der Waals surface area contributed by atoms with Crippen LogP contribution < -0.4 is 0 Å². The number of pyridine rings is 1. The van der Waals surface area contributed by atoms with Gasteiger partial charge >= 0.3 is 0 Å². The third-order valence-corrected chi connectivity index (χ3v) is 12.3. The lowest BCUT2D eigenvalue weighted by atomic mass is 9.70. The minimum Gasteiger partial charge on any atom is -0.247 e. The van der Waals surface area contributed by atoms with Crippen LogP contribution in [0.3, 0.4) is 0 Å². The number of fused-ring (bicyclic) bond motifs is 15. The highest BCUT2D eigenvalue weighted by atomic mass is 14.7. The highest BCUT2D eigenvalue weighted by Gasteiger charge is 2.52. The van der Waals surface area contributed by atoms with E-state index < -0.39 is 5.41 Å². The molecule has 1 heteroatoms. The molecular weight excluding hydrogens is 663 g/mol. The molecule has 0 aliphatic heterocycles. The van der Waals surface area contributed by atoms with Gasteiger partial charge in [-0.1, -0.05) is 188 Å². The van der Waals surface area contributed by atoms with Crippen LogP contribution in [-0.2, 0) is 5.41 Å². The SMILES string of the molecule is c1cc(-c2ccc(-c3cccc4ccccc34)cc2)cc(-c2nc3ccccc3c3ccc4c(c23)-c2ccccc2C42c3ccccc3-c3ccccc32)c1. The summed E-state index contributed by atoms with van der Waals surface area (Å²) in [5.74, 6) is 0. The van der Waals surface area contributed by atoms with Crippen LogP contribution in [0.5, 0.6) is 0 Å². The van der Waals surface area contributed by atoms with E-state index in [0.717, 1.165) is 16.8 Å². The van der Waals surface area contributed by atoms with Crippen molar-refractivity contribution in [2.24, 2.45) is 0 Å². The second-order valence-corrected chi connectivity index (χ2v) is 15.0. The summed E-state index contributed by atoms with van der Waals surface area (Å²) in [6, 6.07) is 73.7. The van der Waals surface area contributed by atoms with Crippen LogP contribution in [0.25, 0.3) is 88.2 Å². The van der Waals surface area contributed by atoms with Crippen LogP contribution in [0.2, 0.25) is 0 Å². The Morgan fingerprint density at radius 2 is 0.891 bits per heavy atom. The third-order valence-electron chi connectivity index (χ3n) is 12.3. The summed E-state index contributed by atoms with van der Waals surface area (Å²) in [7, 11) is 0. The Morgan fingerprint density at radius 3 is 1.67 bits per heavy atom. The van der Waals surface area contributed by atoms with E-state index in [-0.39, 0.29) is 0 Å². The van der Waals surface area contributed by atoms with Crippen molar-refractivity contribution in [1.82, 2.24) is 4.98 Å². The summed E-state index contributed by atoms with van der Waals surface area (Å²) in [5, 5.41) is 6.15. The number of benzene rings is 9. The summed E-state index contributed by atoms with van der Waals surface area (Å²) >= 11 is 0. The maximum atomic E-state index is 5.55. The number of hydrogen-bond donors (Lipinski definition) is 0. The number of hydrogen-bond acceptors (Lipinski definition) is 1. The molecule has 0 unspecified atom stereocenters. The van der Waals surface area contributed by atoms with Gasteiger partial charge in [-0.05, 0) is 95.1 Å². The maximum absolute atomic E-state index is 5.55. The van der Waals surface area contributed by atoms with Gasteiger partial charge in [0.15, 0.2) is 0 Å². The fourth-order valence-electron chi connectivity index (χ4n) is 10.0. The van der Waals surface area contributed by atoms with E-state index in [1.165, 1.54) is 93.7 Å². The molecule has 9 aromatic carbocycles. The van der Waals surface area contributed by atoms with Gasteiger partial charge in [-0.3, -0.25) is 0 Å². The van der Waals surface area contributed by atoms with Crippen LogP contribution >= 0.6 is 0 Å². The highest BCUT2D eigenvalue weighted by Crippen LogP contribution is 2.64. The second kappa shape index (κ2) is 11.5. The first kappa shape index (κ1) is 30.4. The number of para-hydroxylation sites is 1. The molecule has 1 heterocycles. The maximum Gasteiger partial charge on any atom is 0.0794 e. The first-order valence-electron chi connectivity index (χ1n) is 19.1. The zero-order valence-electron chi connectivity index (χ0n) is 30.0. The quantitative estimate of drug-likeness (QED) is 0.168. The summed E-state index contributed by atoms with van der Waals surface area (Å²) in [5.41, 5.74) is 18.1. The van der Waals surface area contributed by atoms with E-state index in [0.29, 0.717) is 0 Å². The van der Waals surface area contributed by atoms with E-state index in [2.05, 4.69) is 200 Å². The van der Waals surface area contributed by atoms with Crippen LogP contribution in [-0.4, -0.2) is 4.98 Å². The minimum absolute atomic E-state index is 0.413. The molecule has 0 saturated carbocycles. The van der Waals surface area contributed by atoms with Crippen molar-refractivity contribution < 1.29 is 0 Å². The molecule has 55 heavy (non-hydrogen) atoms. The van der Waals surface area contributed by atoms with Gasteiger partial charge in [0.05, 0.1) is 16.6 Å². The molecule has 12 rings (SSSR count). The molecular formula is C54H33N. The lowest BCUT2D eigenvalue weighted by Crippen LogP contribution is -2.25. The fourth-order valence-corrected chi connectivity index (χ4v) is 10.0. The Kier molecular flexibility index (Phi) is 6.33. The number of aromatic nitrogens is 1. The minimum atomic E-state index is -0.413. The predicted octanol–water partition coefficient (Wildman–Crippen LogP) is 13.9. The van der Waals surface area contributed by atoms with Crippen molar-refractivity contribution >= 4 is 32.4 Å². The molecule has 1 nitrogen and oxygen atoms in total. The summed E-state index contributed by atoms with van der Waals surface area (Å²) < 4.78 is 0. The zero-order chi connectivity index (χ0) is 36.1. The topological polar surface area (TPSA) is 12.9 Å². The summed E-state index contributed by atoms with van der Waals surface area (Å²) in [6.07, 6.45) is 0. The van der Waals surface area contributed by atoms with Gasteiger partial charge in [0.25, 0.3) is 0 Å². The first-order chi connectivity index (χ1) is 27.3. The van der Waals surface area contributed by atoms with Gasteiger partial charge in [0, 0.05) is 16.3 Å². The molecule has 0 fully saturated rings. The average Bonchev–Trinajstić information content (AvgIpc) is 3.73. The van der Waals surface area contributed by atoms with Crippen molar-refractivity contribution in [3.63, 3.8) is 0 Å². The summed E-state index contributed by atoms with van der Waals surface area (Å²) in [4.78, 5) is 5.55. The second-order valence-electron chi connectivity index (χ2n) is 15.0. The van der Waals surface area contributed by atoms with E-state index in [1.807, 2.05) is 0 Å². The summed E-state index contributed by atoms with van der Waals surface area (Å²) in [6.45, 7) is 0. The first-order valence-corrected chi connectivity index (χ1v) is 19.1. The molecule has 10 aromatic rings. The molecule has 0 radical (unpaired) electrons. The van der Waals surface area contributed by atoms with Crippen LogP contribution in [0, 0.1) is 0 Å². The Morgan fingerprint density at radius 1 is 0.327 bits per heavy atom. The zero-order valence-corrected chi connectivity index (χ0v) is 30.0. The van der Waals surface area contributed by atoms with Crippen molar-refractivity contribution in [2.45, 2.75) is 5.41 Å². The number of nitrogens with zero attached hydrogens (tertiary/aromatic N) is 1. The normalized spacial score (nSPS) is 13.2. The molecule has 0 N–H and O–H groups in total. The molecule has 0 amide bonds. The molecule has 254 valence electrons. The Bertz CT molecular complexity index is 3150. The van der Waals surface area contributed by atoms with E-state index in [4.69, 9.17) is 4.98 Å². The molecule has 1 spiro atoms. The smallest absolute Gasteiger partial charge is 0.0794 e. The van der Waals surface area contributed by atoms with Crippen LogP contribution in [0.1, 0.15) is 22.3 Å². The molecule has 1 aromatic heterocycles. The van der Waals surface area contributed by atoms with Crippen molar-refractivity contribution in [3.8, 4) is 55.8 Å². The Balaban J connectivity index is 1.10. The van der Waals surface area contributed by atoms with Crippen molar-refractivity contribution in [1.29, 1.82) is 0 Å². The molecule has 0 atom stereocenters. The van der Waals surface area contributed by atoms with Crippen LogP contribution in [0.4, 0.5) is 0 Å². The molecule has 2 aliphatic carbocycles. The lowest BCUT2D eigenvalue weighted by Gasteiger charge is -2.30.